The lowest BCUT2D eigenvalue weighted by atomic mass is 9.62. The van der Waals surface area contributed by atoms with Crippen LogP contribution in [0.3, 0.4) is 0 Å². The van der Waals surface area contributed by atoms with Crippen molar-refractivity contribution in [1.29, 1.82) is 0 Å². The Bertz CT molecular complexity index is 852. The van der Waals surface area contributed by atoms with Gasteiger partial charge in [-0.2, -0.15) is 0 Å². The highest BCUT2D eigenvalue weighted by atomic mass is 16.3. The minimum absolute atomic E-state index is 0.0277. The zero-order valence-electron chi connectivity index (χ0n) is 17.5. The van der Waals surface area contributed by atoms with Gasteiger partial charge >= 0.3 is 0 Å². The summed E-state index contributed by atoms with van der Waals surface area (Å²) in [6, 6.07) is 7.53. The molecule has 0 spiro atoms. The molecule has 4 heteroatoms. The Morgan fingerprint density at radius 2 is 1.43 bits per heavy atom. The summed E-state index contributed by atoms with van der Waals surface area (Å²) in [6.07, 6.45) is 1.28. The molecule has 0 radical (unpaired) electrons. The largest absolute Gasteiger partial charge is 0.512 e. The van der Waals surface area contributed by atoms with E-state index in [1.165, 1.54) is 0 Å². The van der Waals surface area contributed by atoms with E-state index in [9.17, 15) is 19.5 Å². The molecule has 28 heavy (non-hydrogen) atoms. The number of benzene rings is 1. The van der Waals surface area contributed by atoms with Gasteiger partial charge in [0.05, 0.1) is 5.92 Å². The van der Waals surface area contributed by atoms with Gasteiger partial charge in [0.2, 0.25) is 0 Å². The van der Waals surface area contributed by atoms with E-state index in [1.807, 2.05) is 58.9 Å². The monoisotopic (exact) mass is 382 g/mol. The number of ketones is 3. The molecule has 1 saturated carbocycles. The van der Waals surface area contributed by atoms with Gasteiger partial charge in [0, 0.05) is 37.2 Å². The summed E-state index contributed by atoms with van der Waals surface area (Å²) in [5.41, 5.74) is 1.26. The fraction of sp³-hybridized carbons (Fsp3) is 0.542. The summed E-state index contributed by atoms with van der Waals surface area (Å²) in [4.78, 5) is 39.3. The molecule has 1 atom stereocenters. The summed E-state index contributed by atoms with van der Waals surface area (Å²) in [6.45, 7) is 9.65. The SMILES string of the molecule is Cc1ccccc1[C@@H](C1=C(O)CC(C)(C)CC1=O)C1C(=O)CC(C)(C)CC1=O. The standard InChI is InChI=1S/C24H30O4/c1-14-8-6-7-9-15(14)20(21-16(25)10-23(2,3)11-17(21)26)22-18(27)12-24(4,5)13-19(22)28/h6-9,20-21,27H,10-13H2,1-5H3/t20-/m1/s1. The van der Waals surface area contributed by atoms with Crippen molar-refractivity contribution in [3.8, 4) is 0 Å². The van der Waals surface area contributed by atoms with E-state index >= 15 is 0 Å². The van der Waals surface area contributed by atoms with Crippen molar-refractivity contribution in [2.45, 2.75) is 66.2 Å². The molecule has 2 aliphatic rings. The first-order chi connectivity index (χ1) is 12.9. The zero-order valence-corrected chi connectivity index (χ0v) is 17.5. The number of hydrogen-bond acceptors (Lipinski definition) is 4. The van der Waals surface area contributed by atoms with E-state index in [-0.39, 0.29) is 39.5 Å². The van der Waals surface area contributed by atoms with Gasteiger partial charge in [-0.25, -0.2) is 0 Å². The lowest BCUT2D eigenvalue weighted by Crippen LogP contribution is -2.43. The van der Waals surface area contributed by atoms with Crippen LogP contribution in [0.1, 0.15) is 70.4 Å². The third-order valence-electron chi connectivity index (χ3n) is 6.06. The van der Waals surface area contributed by atoms with E-state index in [0.717, 1.165) is 11.1 Å². The maximum absolute atomic E-state index is 13.1. The van der Waals surface area contributed by atoms with Crippen molar-refractivity contribution in [1.82, 2.24) is 0 Å². The maximum Gasteiger partial charge on any atom is 0.163 e. The van der Waals surface area contributed by atoms with Gasteiger partial charge in [-0.15, -0.1) is 0 Å². The third kappa shape index (κ3) is 3.82. The van der Waals surface area contributed by atoms with Gasteiger partial charge in [-0.05, 0) is 28.9 Å². The van der Waals surface area contributed by atoms with Crippen LogP contribution in [0.4, 0.5) is 0 Å². The van der Waals surface area contributed by atoms with Crippen molar-refractivity contribution in [2.75, 3.05) is 0 Å². The van der Waals surface area contributed by atoms with Gasteiger partial charge in [0.1, 0.15) is 17.3 Å². The van der Waals surface area contributed by atoms with Crippen molar-refractivity contribution in [2.24, 2.45) is 16.7 Å². The Balaban J connectivity index is 2.18. The van der Waals surface area contributed by atoms with E-state index in [1.54, 1.807) is 0 Å². The average Bonchev–Trinajstić information content (AvgIpc) is 2.50. The van der Waals surface area contributed by atoms with Crippen LogP contribution in [0, 0.1) is 23.7 Å². The van der Waals surface area contributed by atoms with Crippen LogP contribution in [-0.4, -0.2) is 22.5 Å². The number of hydrogen-bond donors (Lipinski definition) is 1. The number of aryl methyl sites for hydroxylation is 1. The molecule has 1 aromatic rings. The highest BCUT2D eigenvalue weighted by Crippen LogP contribution is 2.47. The van der Waals surface area contributed by atoms with Crippen LogP contribution < -0.4 is 0 Å². The minimum Gasteiger partial charge on any atom is -0.512 e. The van der Waals surface area contributed by atoms with Gasteiger partial charge in [0.15, 0.2) is 5.78 Å². The molecule has 0 bridgehead atoms. The lowest BCUT2D eigenvalue weighted by Gasteiger charge is -2.39. The average molecular weight is 383 g/mol. The molecule has 2 aliphatic carbocycles. The second-order valence-electron chi connectivity index (χ2n) is 10.1. The molecule has 1 N–H and O–H groups in total. The van der Waals surface area contributed by atoms with Crippen LogP contribution in [0.25, 0.3) is 0 Å². The molecule has 1 fully saturated rings. The van der Waals surface area contributed by atoms with Gasteiger partial charge in [-0.3, -0.25) is 14.4 Å². The molecule has 4 nitrogen and oxygen atoms in total. The normalized spacial score (nSPS) is 23.8. The molecule has 0 heterocycles. The van der Waals surface area contributed by atoms with Gasteiger partial charge < -0.3 is 5.11 Å². The van der Waals surface area contributed by atoms with Crippen LogP contribution in [0.2, 0.25) is 0 Å². The number of carbonyl (C=O) groups excluding carboxylic acids is 3. The van der Waals surface area contributed by atoms with Crippen molar-refractivity contribution < 1.29 is 19.5 Å². The summed E-state index contributed by atoms with van der Waals surface area (Å²) in [7, 11) is 0. The minimum atomic E-state index is -0.906. The molecule has 3 rings (SSSR count). The smallest absolute Gasteiger partial charge is 0.163 e. The maximum atomic E-state index is 13.1. The Morgan fingerprint density at radius 3 is 1.96 bits per heavy atom. The molecule has 0 saturated heterocycles. The number of carbonyl (C=O) groups is 3. The van der Waals surface area contributed by atoms with Gasteiger partial charge in [0.25, 0.3) is 0 Å². The van der Waals surface area contributed by atoms with E-state index in [4.69, 9.17) is 0 Å². The number of aliphatic hydroxyl groups is 1. The zero-order chi connectivity index (χ0) is 20.9. The molecule has 0 amide bonds. The van der Waals surface area contributed by atoms with Crippen LogP contribution >= 0.6 is 0 Å². The molecule has 0 aromatic heterocycles. The Kier molecular flexibility index (Phi) is 5.11. The quantitative estimate of drug-likeness (QED) is 0.758. The molecule has 1 aromatic carbocycles. The van der Waals surface area contributed by atoms with E-state index in [2.05, 4.69) is 0 Å². The predicted octanol–water partition coefficient (Wildman–Crippen LogP) is 4.85. The van der Waals surface area contributed by atoms with E-state index in [0.29, 0.717) is 25.7 Å². The predicted molar refractivity (Wildman–Crippen MR) is 108 cm³/mol. The molecular formula is C24H30O4. The van der Waals surface area contributed by atoms with Crippen molar-refractivity contribution >= 4 is 17.3 Å². The summed E-state index contributed by atoms with van der Waals surface area (Å²) in [5, 5.41) is 10.8. The van der Waals surface area contributed by atoms with E-state index < -0.39 is 11.8 Å². The molecule has 150 valence electrons. The Morgan fingerprint density at radius 1 is 0.893 bits per heavy atom. The highest BCUT2D eigenvalue weighted by Gasteiger charge is 2.48. The Labute approximate surface area is 167 Å². The topological polar surface area (TPSA) is 71.4 Å². The summed E-state index contributed by atoms with van der Waals surface area (Å²) >= 11 is 0. The fourth-order valence-corrected chi connectivity index (χ4v) is 4.87. The summed E-state index contributed by atoms with van der Waals surface area (Å²) in [5.74, 6) is -2.01. The van der Waals surface area contributed by atoms with Crippen LogP contribution in [-0.2, 0) is 14.4 Å². The Hall–Kier alpha value is -2.23. The second kappa shape index (κ2) is 6.98. The molecule has 0 aliphatic heterocycles. The van der Waals surface area contributed by atoms with Gasteiger partial charge in [-0.1, -0.05) is 52.0 Å². The number of rotatable bonds is 3. The first-order valence-electron chi connectivity index (χ1n) is 9.98. The third-order valence-corrected chi connectivity index (χ3v) is 6.06. The number of Topliss-reactive ketones (excluding diaryl/α,β-unsaturated/α-hetero) is 3. The van der Waals surface area contributed by atoms with Crippen molar-refractivity contribution in [3.63, 3.8) is 0 Å². The highest BCUT2D eigenvalue weighted by molar-refractivity contribution is 6.09. The molecule has 0 unspecified atom stereocenters. The second-order valence-corrected chi connectivity index (χ2v) is 10.1. The van der Waals surface area contributed by atoms with Crippen molar-refractivity contribution in [3.05, 3.63) is 46.7 Å². The first-order valence-corrected chi connectivity index (χ1v) is 9.98. The fourth-order valence-electron chi connectivity index (χ4n) is 4.87. The first kappa shape index (κ1) is 20.5. The summed E-state index contributed by atoms with van der Waals surface area (Å²) < 4.78 is 0. The molecular weight excluding hydrogens is 352 g/mol. The number of allylic oxidation sites excluding steroid dienone is 2. The number of aliphatic hydroxyl groups excluding tert-OH is 1. The van der Waals surface area contributed by atoms with Crippen LogP contribution in [0.5, 0.6) is 0 Å². The lowest BCUT2D eigenvalue weighted by molar-refractivity contribution is -0.140. The van der Waals surface area contributed by atoms with Crippen LogP contribution in [0.15, 0.2) is 35.6 Å².